The smallest absolute Gasteiger partial charge is 0.124 e. The van der Waals surface area contributed by atoms with E-state index in [-0.39, 0.29) is 5.82 Å². The van der Waals surface area contributed by atoms with Gasteiger partial charge in [-0.05, 0) is 42.0 Å². The van der Waals surface area contributed by atoms with E-state index < -0.39 is 0 Å². The summed E-state index contributed by atoms with van der Waals surface area (Å²) in [6.45, 7) is 0.546. The number of benzene rings is 2. The minimum Gasteiger partial charge on any atom is -0.381 e. The lowest BCUT2D eigenvalue weighted by Gasteiger charge is -2.07. The molecule has 0 aliphatic rings. The first kappa shape index (κ1) is 12.7. The molecule has 0 saturated heterocycles. The van der Waals surface area contributed by atoms with Crippen LogP contribution in [0, 0.1) is 18.2 Å². The maximum absolute atomic E-state index is 13.2. The number of hydrogen-bond acceptors (Lipinski definition) is 1. The maximum atomic E-state index is 13.2. The van der Waals surface area contributed by atoms with Gasteiger partial charge < -0.3 is 5.32 Å². The fraction of sp³-hybridized carbons (Fsp3) is 0.0667. The number of hydrogen-bond donors (Lipinski definition) is 1. The van der Waals surface area contributed by atoms with E-state index in [0.29, 0.717) is 6.54 Å². The fourth-order valence-corrected chi connectivity index (χ4v) is 2.15. The molecule has 1 N–H and O–H groups in total. The first-order valence-corrected chi connectivity index (χ1v) is 6.22. The van der Waals surface area contributed by atoms with E-state index in [9.17, 15) is 4.39 Å². The standard InChI is InChI=1S/C15H11BrFN/c1-2-11-4-3-5-15(8-11)18-10-12-6-13(16)9-14(17)7-12/h1,3-9,18H,10H2. The number of nitrogens with one attached hydrogen (secondary N) is 1. The van der Waals surface area contributed by atoms with Gasteiger partial charge in [-0.2, -0.15) is 0 Å². The Balaban J connectivity index is 2.09. The number of halogens is 2. The van der Waals surface area contributed by atoms with Crippen molar-refractivity contribution >= 4 is 21.6 Å². The predicted octanol–water partition coefficient (Wildman–Crippen LogP) is 4.18. The van der Waals surface area contributed by atoms with Crippen molar-refractivity contribution in [1.82, 2.24) is 0 Å². The Morgan fingerprint density at radius 3 is 2.78 bits per heavy atom. The summed E-state index contributed by atoms with van der Waals surface area (Å²) in [7, 11) is 0. The molecule has 0 amide bonds. The van der Waals surface area contributed by atoms with Crippen molar-refractivity contribution in [2.75, 3.05) is 5.32 Å². The molecule has 2 rings (SSSR count). The minimum atomic E-state index is -0.251. The fourth-order valence-electron chi connectivity index (χ4n) is 1.64. The highest BCUT2D eigenvalue weighted by molar-refractivity contribution is 9.10. The van der Waals surface area contributed by atoms with E-state index >= 15 is 0 Å². The van der Waals surface area contributed by atoms with Gasteiger partial charge in [-0.15, -0.1) is 6.42 Å². The molecule has 90 valence electrons. The summed E-state index contributed by atoms with van der Waals surface area (Å²) >= 11 is 3.27. The van der Waals surface area contributed by atoms with Gasteiger partial charge in [0.2, 0.25) is 0 Å². The van der Waals surface area contributed by atoms with Crippen molar-refractivity contribution in [3.8, 4) is 12.3 Å². The van der Waals surface area contributed by atoms with Crippen molar-refractivity contribution in [2.45, 2.75) is 6.54 Å². The van der Waals surface area contributed by atoms with Crippen LogP contribution in [0.5, 0.6) is 0 Å². The van der Waals surface area contributed by atoms with Gasteiger partial charge in [0.15, 0.2) is 0 Å². The summed E-state index contributed by atoms with van der Waals surface area (Å²) in [6.07, 6.45) is 5.33. The van der Waals surface area contributed by atoms with E-state index in [1.165, 1.54) is 12.1 Å². The van der Waals surface area contributed by atoms with Crippen LogP contribution in [-0.2, 0) is 6.54 Å². The Labute approximate surface area is 114 Å². The van der Waals surface area contributed by atoms with Crippen molar-refractivity contribution in [2.24, 2.45) is 0 Å². The van der Waals surface area contributed by atoms with Crippen LogP contribution in [0.1, 0.15) is 11.1 Å². The van der Waals surface area contributed by atoms with E-state index in [1.54, 1.807) is 0 Å². The molecule has 1 nitrogen and oxygen atoms in total. The third-order valence-electron chi connectivity index (χ3n) is 2.45. The summed E-state index contributed by atoms with van der Waals surface area (Å²) in [6, 6.07) is 12.4. The van der Waals surface area contributed by atoms with Gasteiger partial charge >= 0.3 is 0 Å². The van der Waals surface area contributed by atoms with Gasteiger partial charge in [0.25, 0.3) is 0 Å². The molecule has 0 saturated carbocycles. The van der Waals surface area contributed by atoms with E-state index in [4.69, 9.17) is 6.42 Å². The quantitative estimate of drug-likeness (QED) is 0.839. The molecular formula is C15H11BrFN. The molecule has 0 aromatic heterocycles. The predicted molar refractivity (Wildman–Crippen MR) is 75.8 cm³/mol. The average molecular weight is 304 g/mol. The second kappa shape index (κ2) is 5.70. The highest BCUT2D eigenvalue weighted by atomic mass is 79.9. The zero-order chi connectivity index (χ0) is 13.0. The molecule has 2 aromatic rings. The Hall–Kier alpha value is -1.79. The zero-order valence-electron chi connectivity index (χ0n) is 9.58. The van der Waals surface area contributed by atoms with Crippen LogP contribution in [0.4, 0.5) is 10.1 Å². The van der Waals surface area contributed by atoms with Gasteiger partial charge in [0.05, 0.1) is 0 Å². The molecule has 18 heavy (non-hydrogen) atoms. The van der Waals surface area contributed by atoms with E-state index in [2.05, 4.69) is 27.2 Å². The van der Waals surface area contributed by atoms with Gasteiger partial charge in [-0.1, -0.05) is 27.9 Å². The third-order valence-corrected chi connectivity index (χ3v) is 2.91. The van der Waals surface area contributed by atoms with Crippen LogP contribution in [0.2, 0.25) is 0 Å². The molecule has 0 bridgehead atoms. The molecule has 0 aliphatic heterocycles. The highest BCUT2D eigenvalue weighted by Gasteiger charge is 1.99. The Kier molecular flexibility index (Phi) is 4.01. The summed E-state index contributed by atoms with van der Waals surface area (Å²) in [5.74, 6) is 2.32. The Bertz CT molecular complexity index is 581. The second-order valence-corrected chi connectivity index (χ2v) is 4.77. The van der Waals surface area contributed by atoms with Crippen LogP contribution >= 0.6 is 15.9 Å². The topological polar surface area (TPSA) is 12.0 Å². The second-order valence-electron chi connectivity index (χ2n) is 3.86. The maximum Gasteiger partial charge on any atom is 0.124 e. The Morgan fingerprint density at radius 2 is 2.06 bits per heavy atom. The van der Waals surface area contributed by atoms with Gasteiger partial charge in [-0.3, -0.25) is 0 Å². The lowest BCUT2D eigenvalue weighted by Crippen LogP contribution is -2.00. The molecule has 0 heterocycles. The van der Waals surface area contributed by atoms with Crippen LogP contribution in [0.15, 0.2) is 46.9 Å². The largest absolute Gasteiger partial charge is 0.381 e. The lowest BCUT2D eigenvalue weighted by atomic mass is 10.2. The summed E-state index contributed by atoms with van der Waals surface area (Å²) in [5.41, 5.74) is 2.61. The molecule has 0 unspecified atom stereocenters. The third kappa shape index (κ3) is 3.35. The summed E-state index contributed by atoms with van der Waals surface area (Å²) in [4.78, 5) is 0. The van der Waals surface area contributed by atoms with Crippen molar-refractivity contribution in [3.63, 3.8) is 0 Å². The zero-order valence-corrected chi connectivity index (χ0v) is 11.2. The number of anilines is 1. The van der Waals surface area contributed by atoms with Crippen molar-refractivity contribution in [1.29, 1.82) is 0 Å². The monoisotopic (exact) mass is 303 g/mol. The SMILES string of the molecule is C#Cc1cccc(NCc2cc(F)cc(Br)c2)c1. The van der Waals surface area contributed by atoms with E-state index in [1.807, 2.05) is 30.3 Å². The van der Waals surface area contributed by atoms with Crippen molar-refractivity contribution < 1.29 is 4.39 Å². The number of terminal acetylenes is 1. The van der Waals surface area contributed by atoms with Crippen molar-refractivity contribution in [3.05, 3.63) is 63.9 Å². The summed E-state index contributed by atoms with van der Waals surface area (Å²) < 4.78 is 13.9. The first-order chi connectivity index (χ1) is 8.67. The van der Waals surface area contributed by atoms with E-state index in [0.717, 1.165) is 21.3 Å². The van der Waals surface area contributed by atoms with Gasteiger partial charge in [0.1, 0.15) is 5.82 Å². The molecule has 0 radical (unpaired) electrons. The van der Waals surface area contributed by atoms with Gasteiger partial charge in [0, 0.05) is 22.3 Å². The van der Waals surface area contributed by atoms with Crippen LogP contribution < -0.4 is 5.32 Å². The molecule has 0 spiro atoms. The van der Waals surface area contributed by atoms with Crippen LogP contribution in [0.25, 0.3) is 0 Å². The minimum absolute atomic E-state index is 0.251. The normalized spacial score (nSPS) is 9.83. The molecule has 0 atom stereocenters. The number of rotatable bonds is 3. The highest BCUT2D eigenvalue weighted by Crippen LogP contribution is 2.17. The van der Waals surface area contributed by atoms with Crippen LogP contribution in [-0.4, -0.2) is 0 Å². The molecule has 0 aliphatic carbocycles. The molecular weight excluding hydrogens is 293 g/mol. The summed E-state index contributed by atoms with van der Waals surface area (Å²) in [5, 5.41) is 3.21. The molecule has 2 aromatic carbocycles. The average Bonchev–Trinajstić information content (AvgIpc) is 2.35. The lowest BCUT2D eigenvalue weighted by molar-refractivity contribution is 0.625. The van der Waals surface area contributed by atoms with Crippen LogP contribution in [0.3, 0.4) is 0 Å². The van der Waals surface area contributed by atoms with Gasteiger partial charge in [-0.25, -0.2) is 4.39 Å². The first-order valence-electron chi connectivity index (χ1n) is 5.43. The molecule has 3 heteroatoms. The molecule has 0 fully saturated rings. The Morgan fingerprint density at radius 1 is 1.22 bits per heavy atom.